The predicted octanol–water partition coefficient (Wildman–Crippen LogP) is 3.27. The van der Waals surface area contributed by atoms with Crippen molar-refractivity contribution in [2.45, 2.75) is 37.6 Å². The van der Waals surface area contributed by atoms with E-state index in [1.165, 1.54) is 11.1 Å². The molecule has 0 aromatic heterocycles. The van der Waals surface area contributed by atoms with Crippen LogP contribution in [0.2, 0.25) is 0 Å². The Balaban J connectivity index is 1.36. The first-order chi connectivity index (χ1) is 13.2. The smallest absolute Gasteiger partial charge is 0.226 e. The number of nitrogens with one attached hydrogen (secondary N) is 1. The van der Waals surface area contributed by atoms with Crippen molar-refractivity contribution in [2.75, 3.05) is 13.1 Å². The zero-order valence-electron chi connectivity index (χ0n) is 15.6. The van der Waals surface area contributed by atoms with Crippen molar-refractivity contribution in [1.82, 2.24) is 10.2 Å². The molecule has 2 fully saturated rings. The number of amides is 2. The fourth-order valence-electron chi connectivity index (χ4n) is 4.18. The van der Waals surface area contributed by atoms with E-state index in [9.17, 15) is 9.59 Å². The molecule has 1 heterocycles. The summed E-state index contributed by atoms with van der Waals surface area (Å²) < 4.78 is 0. The van der Waals surface area contributed by atoms with Gasteiger partial charge in [0.05, 0.1) is 11.5 Å². The highest BCUT2D eigenvalue weighted by atomic mass is 16.2. The minimum atomic E-state index is -0.241. The number of carbonyl (C=O) groups excluding carboxylic acids is 2. The minimum Gasteiger partial charge on any atom is -0.346 e. The van der Waals surface area contributed by atoms with Crippen molar-refractivity contribution >= 4 is 11.8 Å². The Bertz CT molecular complexity index is 800. The molecule has 27 heavy (non-hydrogen) atoms. The van der Waals surface area contributed by atoms with Crippen LogP contribution in [0.1, 0.15) is 36.8 Å². The lowest BCUT2D eigenvalue weighted by Crippen LogP contribution is -2.52. The molecule has 1 unspecified atom stereocenters. The Morgan fingerprint density at radius 2 is 1.70 bits per heavy atom. The van der Waals surface area contributed by atoms with Crippen LogP contribution >= 0.6 is 0 Å². The number of benzene rings is 2. The Morgan fingerprint density at radius 1 is 1.04 bits per heavy atom. The van der Waals surface area contributed by atoms with E-state index < -0.39 is 0 Å². The van der Waals surface area contributed by atoms with E-state index in [1.807, 2.05) is 41.3 Å². The number of likely N-dealkylation sites (tertiary alicyclic amines) is 1. The molecule has 2 aliphatic rings. The number of carbonyl (C=O) groups is 2. The van der Waals surface area contributed by atoms with Gasteiger partial charge in [-0.3, -0.25) is 9.59 Å². The predicted molar refractivity (Wildman–Crippen MR) is 105 cm³/mol. The maximum atomic E-state index is 12.9. The third-order valence-electron chi connectivity index (χ3n) is 5.99. The molecule has 0 bridgehead atoms. The van der Waals surface area contributed by atoms with Crippen molar-refractivity contribution in [3.8, 4) is 0 Å². The second kappa shape index (κ2) is 7.55. The topological polar surface area (TPSA) is 49.4 Å². The van der Waals surface area contributed by atoms with Crippen LogP contribution in [0.15, 0.2) is 60.7 Å². The van der Waals surface area contributed by atoms with Gasteiger partial charge in [0.1, 0.15) is 0 Å². The van der Waals surface area contributed by atoms with E-state index >= 15 is 0 Å². The number of hydrogen-bond acceptors (Lipinski definition) is 2. The van der Waals surface area contributed by atoms with Crippen LogP contribution in [0.25, 0.3) is 0 Å². The van der Waals surface area contributed by atoms with Crippen molar-refractivity contribution < 1.29 is 9.59 Å². The Hall–Kier alpha value is -2.62. The summed E-state index contributed by atoms with van der Waals surface area (Å²) >= 11 is 0. The van der Waals surface area contributed by atoms with E-state index in [4.69, 9.17) is 0 Å². The Kier molecular flexibility index (Phi) is 4.97. The number of nitrogens with zero attached hydrogens (tertiary/aromatic N) is 1. The molecular weight excluding hydrogens is 336 g/mol. The van der Waals surface area contributed by atoms with Gasteiger partial charge < -0.3 is 10.2 Å². The van der Waals surface area contributed by atoms with Gasteiger partial charge in [-0.2, -0.15) is 0 Å². The summed E-state index contributed by atoms with van der Waals surface area (Å²) in [5.74, 6) is -0.128. The Labute approximate surface area is 160 Å². The van der Waals surface area contributed by atoms with E-state index in [0.29, 0.717) is 19.5 Å². The van der Waals surface area contributed by atoms with Gasteiger partial charge in [0, 0.05) is 19.5 Å². The summed E-state index contributed by atoms with van der Waals surface area (Å²) in [6.07, 6.45) is 4.23. The highest BCUT2D eigenvalue weighted by Gasteiger charge is 2.43. The molecule has 4 nitrogen and oxygen atoms in total. The quantitative estimate of drug-likeness (QED) is 0.857. The lowest BCUT2D eigenvalue weighted by Gasteiger charge is -2.43. The summed E-state index contributed by atoms with van der Waals surface area (Å²) in [4.78, 5) is 27.1. The fourth-order valence-corrected chi connectivity index (χ4v) is 4.18. The molecule has 1 saturated heterocycles. The van der Waals surface area contributed by atoms with Crippen LogP contribution < -0.4 is 5.32 Å². The highest BCUT2D eigenvalue weighted by molar-refractivity contribution is 5.89. The van der Waals surface area contributed by atoms with Crippen molar-refractivity contribution in [3.05, 3.63) is 71.8 Å². The largest absolute Gasteiger partial charge is 0.346 e. The first kappa shape index (κ1) is 17.8. The van der Waals surface area contributed by atoms with E-state index in [0.717, 1.165) is 25.7 Å². The van der Waals surface area contributed by atoms with Crippen LogP contribution in [0.5, 0.6) is 0 Å². The zero-order chi connectivity index (χ0) is 18.7. The molecule has 2 aromatic carbocycles. The summed E-state index contributed by atoms with van der Waals surface area (Å²) in [7, 11) is 0. The molecule has 2 amide bonds. The van der Waals surface area contributed by atoms with Crippen molar-refractivity contribution in [2.24, 2.45) is 5.92 Å². The van der Waals surface area contributed by atoms with Gasteiger partial charge in [0.2, 0.25) is 11.8 Å². The van der Waals surface area contributed by atoms with Crippen LogP contribution in [0, 0.1) is 5.92 Å². The van der Waals surface area contributed by atoms with Gasteiger partial charge in [-0.1, -0.05) is 60.7 Å². The molecule has 1 aliphatic carbocycles. The molecule has 1 N–H and O–H groups in total. The van der Waals surface area contributed by atoms with E-state index in [2.05, 4.69) is 29.6 Å². The first-order valence-corrected chi connectivity index (χ1v) is 9.86. The van der Waals surface area contributed by atoms with E-state index in [1.54, 1.807) is 0 Å². The monoisotopic (exact) mass is 362 g/mol. The lowest BCUT2D eigenvalue weighted by molar-refractivity contribution is -0.130. The second-order valence-corrected chi connectivity index (χ2v) is 7.77. The van der Waals surface area contributed by atoms with Crippen LogP contribution in [0.4, 0.5) is 0 Å². The molecule has 2 aromatic rings. The van der Waals surface area contributed by atoms with Gasteiger partial charge in [-0.05, 0) is 36.8 Å². The third kappa shape index (κ3) is 3.75. The molecular formula is C23H26N2O2. The summed E-state index contributed by atoms with van der Waals surface area (Å²) in [6, 6.07) is 20.4. The maximum Gasteiger partial charge on any atom is 0.226 e. The van der Waals surface area contributed by atoms with Gasteiger partial charge in [-0.15, -0.1) is 0 Å². The molecule has 140 valence electrons. The average molecular weight is 362 g/mol. The van der Waals surface area contributed by atoms with Crippen molar-refractivity contribution in [1.29, 1.82) is 0 Å². The maximum absolute atomic E-state index is 12.9. The van der Waals surface area contributed by atoms with Crippen LogP contribution in [-0.2, 0) is 21.5 Å². The summed E-state index contributed by atoms with van der Waals surface area (Å²) in [5.41, 5.74) is 2.16. The molecule has 4 rings (SSSR count). The van der Waals surface area contributed by atoms with Crippen molar-refractivity contribution in [3.63, 3.8) is 0 Å². The molecule has 1 atom stereocenters. The Morgan fingerprint density at radius 3 is 2.33 bits per heavy atom. The minimum absolute atomic E-state index is 0.0223. The highest BCUT2D eigenvalue weighted by Crippen LogP contribution is 2.41. The first-order valence-electron chi connectivity index (χ1n) is 9.86. The molecule has 1 aliphatic heterocycles. The molecule has 0 spiro atoms. The SMILES string of the molecule is O=C(NC1(c2ccccc2)CCC1)C1CC(=O)N(CCc2ccccc2)C1. The van der Waals surface area contributed by atoms with Crippen LogP contribution in [-0.4, -0.2) is 29.8 Å². The normalized spacial score (nSPS) is 21.0. The average Bonchev–Trinajstić information content (AvgIpc) is 3.05. The summed E-state index contributed by atoms with van der Waals surface area (Å²) in [6.45, 7) is 1.21. The van der Waals surface area contributed by atoms with Crippen LogP contribution in [0.3, 0.4) is 0 Å². The standard InChI is InChI=1S/C23H26N2O2/c26-21-16-19(17-25(21)15-12-18-8-3-1-4-9-18)22(27)24-23(13-7-14-23)20-10-5-2-6-11-20/h1-6,8-11,19H,7,12-17H2,(H,24,27). The lowest BCUT2D eigenvalue weighted by atomic mass is 9.71. The molecule has 1 saturated carbocycles. The zero-order valence-corrected chi connectivity index (χ0v) is 15.6. The molecule has 0 radical (unpaired) electrons. The second-order valence-electron chi connectivity index (χ2n) is 7.77. The van der Waals surface area contributed by atoms with Gasteiger partial charge in [0.25, 0.3) is 0 Å². The van der Waals surface area contributed by atoms with Gasteiger partial charge >= 0.3 is 0 Å². The third-order valence-corrected chi connectivity index (χ3v) is 5.99. The molecule has 4 heteroatoms. The number of hydrogen-bond donors (Lipinski definition) is 1. The fraction of sp³-hybridized carbons (Fsp3) is 0.391. The van der Waals surface area contributed by atoms with E-state index in [-0.39, 0.29) is 23.3 Å². The summed E-state index contributed by atoms with van der Waals surface area (Å²) in [5, 5.41) is 3.29. The van der Waals surface area contributed by atoms with Gasteiger partial charge in [0.15, 0.2) is 0 Å². The van der Waals surface area contributed by atoms with Gasteiger partial charge in [-0.25, -0.2) is 0 Å². The number of rotatable bonds is 6.